The molecule has 222 valence electrons. The van der Waals surface area contributed by atoms with Crippen LogP contribution in [-0.2, 0) is 38.4 Å². The molecule has 0 bridgehead atoms. The van der Waals surface area contributed by atoms with E-state index >= 15 is 0 Å². The Morgan fingerprint density at radius 2 is 1.69 bits per heavy atom. The summed E-state index contributed by atoms with van der Waals surface area (Å²) in [5.41, 5.74) is 5.06. The van der Waals surface area contributed by atoms with Crippen molar-refractivity contribution in [2.75, 3.05) is 33.1 Å². The highest BCUT2D eigenvalue weighted by Crippen LogP contribution is 2.52. The van der Waals surface area contributed by atoms with E-state index in [1.807, 2.05) is 4.90 Å². The molecule has 0 radical (unpaired) electrons. The largest absolute Gasteiger partial charge is 0.507 e. The number of likely N-dealkylation sites (N-methyl/N-ethyl adjacent to an activating group) is 1. The molecule has 1 amide bonds. The fourth-order valence-corrected chi connectivity index (χ4v) is 7.23. The third-order valence-electron chi connectivity index (χ3n) is 9.19. The average Bonchev–Trinajstić information content (AvgIpc) is 2.90. The van der Waals surface area contributed by atoms with Crippen molar-refractivity contribution in [1.29, 1.82) is 0 Å². The lowest BCUT2D eigenvalue weighted by Gasteiger charge is -2.52. The summed E-state index contributed by atoms with van der Waals surface area (Å²) in [6, 6.07) is 6.60. The van der Waals surface area contributed by atoms with Gasteiger partial charge in [0.1, 0.15) is 11.6 Å². The van der Waals surface area contributed by atoms with Gasteiger partial charge in [0.05, 0.1) is 17.5 Å². The van der Waals surface area contributed by atoms with E-state index < -0.39 is 64.4 Å². The number of halogens is 1. The number of carbonyl (C=O) groups excluding carboxylic acids is 5. The standard InChI is InChI=1S/C31H34FN3O7/c1-34(2)20-13-15(8-5-14-6-9-17(32)10-7-14)25(36)22-18(20)11-16-12-19-24(35(3)4)27(38)23(30(33)41)29(40)31(19,42)28(39)21(16)26(22)37/h6-7,9-10,13,16,19,21,23-24,36,42H,5,8,11-12H2,1-4H3,(H2,33,41)/t16-,19-,21?,23?,24-,31-/m0/s1. The molecular weight excluding hydrogens is 545 g/mol. The first-order chi connectivity index (χ1) is 19.7. The summed E-state index contributed by atoms with van der Waals surface area (Å²) in [6.07, 6.45) is 0.941. The van der Waals surface area contributed by atoms with Crippen LogP contribution >= 0.6 is 0 Å². The van der Waals surface area contributed by atoms with Gasteiger partial charge in [-0.25, -0.2) is 4.39 Å². The molecule has 11 heteroatoms. The van der Waals surface area contributed by atoms with Gasteiger partial charge in [0.2, 0.25) is 5.91 Å². The molecule has 3 aliphatic rings. The minimum absolute atomic E-state index is 0.0101. The van der Waals surface area contributed by atoms with E-state index in [4.69, 9.17) is 5.73 Å². The number of rotatable bonds is 6. The highest BCUT2D eigenvalue weighted by molar-refractivity contribution is 6.32. The number of phenols is 1. The van der Waals surface area contributed by atoms with E-state index in [-0.39, 0.29) is 30.0 Å². The molecule has 0 saturated heterocycles. The molecular formula is C31H34FN3O7. The smallest absolute Gasteiger partial charge is 0.235 e. The van der Waals surface area contributed by atoms with Crippen LogP contribution in [0, 0.1) is 29.5 Å². The van der Waals surface area contributed by atoms with Gasteiger partial charge in [0, 0.05) is 25.7 Å². The molecule has 0 spiro atoms. The molecule has 3 aliphatic carbocycles. The van der Waals surface area contributed by atoms with E-state index in [1.165, 1.54) is 17.0 Å². The number of aryl methyl sites for hydroxylation is 2. The van der Waals surface area contributed by atoms with Crippen molar-refractivity contribution in [1.82, 2.24) is 4.90 Å². The number of fused-ring (bicyclic) bond motifs is 3. The predicted molar refractivity (Wildman–Crippen MR) is 149 cm³/mol. The second-order valence-corrected chi connectivity index (χ2v) is 12.1. The molecule has 2 fully saturated rings. The maximum atomic E-state index is 14.1. The molecule has 5 rings (SSSR count). The topological polar surface area (TPSA) is 158 Å². The Bertz CT molecular complexity index is 1520. The molecule has 0 heterocycles. The number of phenolic OH excluding ortho intramolecular Hbond substituents is 1. The number of nitrogens with two attached hydrogens (primary N) is 1. The third-order valence-corrected chi connectivity index (χ3v) is 9.19. The Labute approximate surface area is 242 Å². The van der Waals surface area contributed by atoms with Crippen LogP contribution in [0.4, 0.5) is 10.1 Å². The summed E-state index contributed by atoms with van der Waals surface area (Å²) >= 11 is 0. The zero-order valence-corrected chi connectivity index (χ0v) is 23.9. The summed E-state index contributed by atoms with van der Waals surface area (Å²) in [6.45, 7) is 0. The quantitative estimate of drug-likeness (QED) is 0.422. The average molecular weight is 580 g/mol. The van der Waals surface area contributed by atoms with Crippen molar-refractivity contribution in [3.05, 3.63) is 58.4 Å². The van der Waals surface area contributed by atoms with Crippen molar-refractivity contribution in [3.8, 4) is 5.75 Å². The summed E-state index contributed by atoms with van der Waals surface area (Å²) in [5, 5.41) is 23.1. The highest BCUT2D eigenvalue weighted by Gasteiger charge is 2.69. The van der Waals surface area contributed by atoms with E-state index in [1.54, 1.807) is 46.4 Å². The molecule has 42 heavy (non-hydrogen) atoms. The molecule has 4 N–H and O–H groups in total. The van der Waals surface area contributed by atoms with Gasteiger partial charge in [-0.1, -0.05) is 12.1 Å². The molecule has 0 aromatic heterocycles. The van der Waals surface area contributed by atoms with Crippen LogP contribution in [0.1, 0.15) is 33.5 Å². The van der Waals surface area contributed by atoms with E-state index in [9.17, 15) is 38.6 Å². The van der Waals surface area contributed by atoms with Crippen molar-refractivity contribution in [3.63, 3.8) is 0 Å². The number of Topliss-reactive ketones (excluding diaryl/α,β-unsaturated/α-hetero) is 4. The zero-order valence-electron chi connectivity index (χ0n) is 23.9. The van der Waals surface area contributed by atoms with E-state index in [0.717, 1.165) is 5.56 Å². The number of ketones is 4. The predicted octanol–water partition coefficient (Wildman–Crippen LogP) is 0.857. The monoisotopic (exact) mass is 579 g/mol. The number of aromatic hydroxyl groups is 1. The van der Waals surface area contributed by atoms with Crippen LogP contribution in [0.2, 0.25) is 0 Å². The molecule has 10 nitrogen and oxygen atoms in total. The highest BCUT2D eigenvalue weighted by atomic mass is 19.1. The second-order valence-electron chi connectivity index (χ2n) is 12.1. The first-order valence-electron chi connectivity index (χ1n) is 13.8. The first kappa shape index (κ1) is 29.5. The van der Waals surface area contributed by atoms with Crippen molar-refractivity contribution in [2.24, 2.45) is 29.4 Å². The maximum Gasteiger partial charge on any atom is 0.235 e. The third kappa shape index (κ3) is 4.33. The fourth-order valence-electron chi connectivity index (χ4n) is 7.23. The Kier molecular flexibility index (Phi) is 7.31. The van der Waals surface area contributed by atoms with Crippen molar-refractivity contribution < 1.29 is 38.6 Å². The van der Waals surface area contributed by atoms with Crippen LogP contribution in [0.3, 0.4) is 0 Å². The number of primary amides is 1. The molecule has 0 aliphatic heterocycles. The van der Waals surface area contributed by atoms with E-state index in [0.29, 0.717) is 29.7 Å². The summed E-state index contributed by atoms with van der Waals surface area (Å²) < 4.78 is 13.4. The van der Waals surface area contributed by atoms with Gasteiger partial charge in [-0.3, -0.25) is 28.9 Å². The number of carbonyl (C=O) groups is 5. The molecule has 6 atom stereocenters. The first-order valence-corrected chi connectivity index (χ1v) is 13.8. The number of anilines is 1. The Hall–Kier alpha value is -3.96. The Balaban J connectivity index is 1.59. The lowest BCUT2D eigenvalue weighted by Crippen LogP contribution is -2.74. The van der Waals surface area contributed by atoms with Crippen LogP contribution in [-0.4, -0.2) is 84.0 Å². The van der Waals surface area contributed by atoms with Gasteiger partial charge in [0.15, 0.2) is 34.7 Å². The number of hydrogen-bond donors (Lipinski definition) is 3. The SMILES string of the molecule is CN(C)c1cc(CCc2ccc(F)cc2)c(O)c2c1C[C@H]1C[C@H]3[C@H](N(C)C)C(=O)C(C(N)=O)C(=O)[C@@]3(O)C(=O)C1C2=O. The van der Waals surface area contributed by atoms with Crippen molar-refractivity contribution >= 4 is 34.7 Å². The molecule has 2 saturated carbocycles. The van der Waals surface area contributed by atoms with Crippen LogP contribution in [0.5, 0.6) is 5.75 Å². The molecule has 2 aromatic rings. The fraction of sp³-hybridized carbons (Fsp3) is 0.452. The number of hydrogen-bond acceptors (Lipinski definition) is 9. The number of nitrogens with zero attached hydrogens (tertiary/aromatic N) is 2. The summed E-state index contributed by atoms with van der Waals surface area (Å²) in [7, 11) is 6.68. The minimum Gasteiger partial charge on any atom is -0.507 e. The Morgan fingerprint density at radius 1 is 1.05 bits per heavy atom. The van der Waals surface area contributed by atoms with Crippen LogP contribution in [0.15, 0.2) is 30.3 Å². The van der Waals surface area contributed by atoms with Gasteiger partial charge in [0.25, 0.3) is 0 Å². The van der Waals surface area contributed by atoms with Gasteiger partial charge in [-0.15, -0.1) is 0 Å². The minimum atomic E-state index is -2.77. The van der Waals surface area contributed by atoms with Crippen molar-refractivity contribution in [2.45, 2.75) is 37.3 Å². The molecule has 2 unspecified atom stereocenters. The zero-order chi connectivity index (χ0) is 30.8. The second kappa shape index (κ2) is 10.4. The van der Waals surface area contributed by atoms with Gasteiger partial charge < -0.3 is 20.8 Å². The van der Waals surface area contributed by atoms with Crippen LogP contribution < -0.4 is 10.6 Å². The summed E-state index contributed by atoms with van der Waals surface area (Å²) in [5.74, 6) is -11.1. The summed E-state index contributed by atoms with van der Waals surface area (Å²) in [4.78, 5) is 70.3. The lowest BCUT2D eigenvalue weighted by atomic mass is 9.52. The van der Waals surface area contributed by atoms with Crippen LogP contribution in [0.25, 0.3) is 0 Å². The number of aliphatic hydroxyl groups is 1. The van der Waals surface area contributed by atoms with Gasteiger partial charge >= 0.3 is 0 Å². The normalized spacial score (nSPS) is 28.8. The number of amides is 1. The Morgan fingerprint density at radius 3 is 2.26 bits per heavy atom. The van der Waals surface area contributed by atoms with Gasteiger partial charge in [-0.2, -0.15) is 0 Å². The van der Waals surface area contributed by atoms with Gasteiger partial charge in [-0.05, 0) is 80.6 Å². The molecule has 2 aromatic carbocycles. The lowest BCUT2D eigenvalue weighted by molar-refractivity contribution is -0.181. The number of benzene rings is 2. The maximum absolute atomic E-state index is 14.1. The van der Waals surface area contributed by atoms with E-state index in [2.05, 4.69) is 0 Å².